The summed E-state index contributed by atoms with van der Waals surface area (Å²) in [7, 11) is 0. The van der Waals surface area contributed by atoms with Crippen molar-refractivity contribution in [3.05, 3.63) is 29.8 Å². The molecule has 1 aromatic rings. The van der Waals surface area contributed by atoms with Crippen molar-refractivity contribution in [3.8, 4) is 0 Å². The molecule has 1 aromatic carbocycles. The Bertz CT molecular complexity index is 1100. The van der Waals surface area contributed by atoms with Gasteiger partial charge in [0.15, 0.2) is 0 Å². The number of hydrogen-bond donors (Lipinski definition) is 6. The van der Waals surface area contributed by atoms with Crippen molar-refractivity contribution < 1.29 is 33.5 Å². The van der Waals surface area contributed by atoms with Crippen LogP contribution in [0.25, 0.3) is 0 Å². The lowest BCUT2D eigenvalue weighted by Crippen LogP contribution is -2.54. The number of nitrogens with two attached hydrogens (primary N) is 1. The second-order valence-electron chi connectivity index (χ2n) is 11.8. The van der Waals surface area contributed by atoms with E-state index in [2.05, 4.69) is 63.3 Å². The first-order valence-corrected chi connectivity index (χ1v) is 16.8. The number of rotatable bonds is 19. The van der Waals surface area contributed by atoms with E-state index in [9.17, 15) is 28.8 Å². The summed E-state index contributed by atoms with van der Waals surface area (Å²) in [5.74, 6) is -1.18. The van der Waals surface area contributed by atoms with E-state index in [4.69, 9.17) is 10.5 Å². The fraction of sp³-hybridized carbons (Fsp3) is 0.625. The highest BCUT2D eigenvalue weighted by Gasteiger charge is 2.28. The van der Waals surface area contributed by atoms with Crippen molar-refractivity contribution in [2.45, 2.75) is 98.8 Å². The fourth-order valence-electron chi connectivity index (χ4n) is 3.79. The van der Waals surface area contributed by atoms with Gasteiger partial charge in [-0.3, -0.25) is 24.0 Å². The molecule has 0 saturated carbocycles. The molecule has 0 saturated heterocycles. The number of unbranched alkanes of at least 4 members (excludes halogenated alkanes) is 2. The Labute approximate surface area is 281 Å². The van der Waals surface area contributed by atoms with Gasteiger partial charge in [-0.2, -0.15) is 0 Å². The first-order chi connectivity index (χ1) is 21.7. The van der Waals surface area contributed by atoms with Crippen LogP contribution in [0, 0.1) is 11.8 Å². The van der Waals surface area contributed by atoms with Crippen LogP contribution in [0.2, 0.25) is 0 Å². The van der Waals surface area contributed by atoms with Gasteiger partial charge in [0, 0.05) is 32.1 Å². The van der Waals surface area contributed by atoms with E-state index in [0.29, 0.717) is 25.1 Å². The van der Waals surface area contributed by atoms with E-state index in [1.54, 1.807) is 38.1 Å². The molecule has 0 bridgehead atoms. The summed E-state index contributed by atoms with van der Waals surface area (Å²) >= 11 is 3.08. The van der Waals surface area contributed by atoms with Crippen LogP contribution in [-0.2, 0) is 35.3 Å². The molecule has 2 atom stereocenters. The van der Waals surface area contributed by atoms with E-state index < -0.39 is 35.9 Å². The lowest BCUT2D eigenvalue weighted by Gasteiger charge is -2.25. The number of benzene rings is 1. The molecule has 0 aliphatic rings. The molecular weight excluding hydrogens is 660 g/mol. The first kappa shape index (κ1) is 42.3. The molecular formula is C32H53BrN6O7. The van der Waals surface area contributed by atoms with Crippen LogP contribution in [0.3, 0.4) is 0 Å². The molecule has 0 spiro atoms. The molecule has 0 aromatic heterocycles. The maximum Gasteiger partial charge on any atom is 0.312 e. The quantitative estimate of drug-likeness (QED) is 0.0717. The molecule has 2 unspecified atom stereocenters. The van der Waals surface area contributed by atoms with Gasteiger partial charge in [-0.05, 0) is 55.2 Å². The van der Waals surface area contributed by atoms with E-state index >= 15 is 0 Å². The first-order valence-electron chi connectivity index (χ1n) is 15.6. The van der Waals surface area contributed by atoms with Gasteiger partial charge in [0.2, 0.25) is 23.6 Å². The Morgan fingerprint density at radius 2 is 1.41 bits per heavy atom. The predicted molar refractivity (Wildman–Crippen MR) is 182 cm³/mol. The number of amides is 6. The van der Waals surface area contributed by atoms with Gasteiger partial charge < -0.3 is 37.1 Å². The molecule has 0 radical (unpaired) electrons. The number of anilines is 1. The lowest BCUT2D eigenvalue weighted by molar-refractivity contribution is -0.142. The smallest absolute Gasteiger partial charge is 0.312 e. The van der Waals surface area contributed by atoms with Crippen LogP contribution in [0.15, 0.2) is 24.3 Å². The number of ether oxygens (including phenoxy) is 1. The molecule has 14 heteroatoms. The fourth-order valence-corrected chi connectivity index (χ4v) is 3.99. The summed E-state index contributed by atoms with van der Waals surface area (Å²) < 4.78 is 4.96. The van der Waals surface area contributed by atoms with Gasteiger partial charge in [-0.15, -0.1) is 0 Å². The van der Waals surface area contributed by atoms with Gasteiger partial charge in [0.25, 0.3) is 0 Å². The third-order valence-electron chi connectivity index (χ3n) is 6.06. The zero-order valence-electron chi connectivity index (χ0n) is 28.0. The Balaban J connectivity index is 0.00000476. The zero-order chi connectivity index (χ0) is 35.1. The molecule has 1 rings (SSSR count). The number of carbonyl (C=O) groups excluding carboxylic acids is 6. The van der Waals surface area contributed by atoms with Crippen molar-refractivity contribution in [1.29, 1.82) is 0 Å². The molecule has 7 N–H and O–H groups in total. The molecule has 6 amide bonds. The maximum atomic E-state index is 13.2. The summed E-state index contributed by atoms with van der Waals surface area (Å²) in [4.78, 5) is 72.2. The van der Waals surface area contributed by atoms with Gasteiger partial charge >= 0.3 is 12.0 Å². The topological polar surface area (TPSA) is 198 Å². The Morgan fingerprint density at radius 1 is 0.804 bits per heavy atom. The SMILES string of the molecule is CC(=O)OCc1ccc(NC(=O)C(CCCNC(N)=O)NC(=O)C(NC(=O)CCCCCNC(=O)CBr)C(C)C)cc1.CC(C)C. The van der Waals surface area contributed by atoms with E-state index in [-0.39, 0.29) is 49.1 Å². The summed E-state index contributed by atoms with van der Waals surface area (Å²) in [6, 6.07) is 4.18. The molecule has 46 heavy (non-hydrogen) atoms. The average Bonchev–Trinajstić information content (AvgIpc) is 2.97. The minimum Gasteiger partial charge on any atom is -0.461 e. The normalized spacial score (nSPS) is 11.8. The molecule has 0 heterocycles. The molecule has 260 valence electrons. The van der Waals surface area contributed by atoms with Crippen LogP contribution < -0.4 is 32.3 Å². The lowest BCUT2D eigenvalue weighted by atomic mass is 10.0. The van der Waals surface area contributed by atoms with Crippen molar-refractivity contribution in [3.63, 3.8) is 0 Å². The van der Waals surface area contributed by atoms with Gasteiger partial charge in [-0.25, -0.2) is 4.79 Å². The van der Waals surface area contributed by atoms with Crippen LogP contribution in [0.1, 0.15) is 85.6 Å². The largest absolute Gasteiger partial charge is 0.461 e. The second-order valence-corrected chi connectivity index (χ2v) is 12.3. The van der Waals surface area contributed by atoms with Crippen LogP contribution >= 0.6 is 15.9 Å². The zero-order valence-corrected chi connectivity index (χ0v) is 29.6. The Hall–Kier alpha value is -3.68. The summed E-state index contributed by atoms with van der Waals surface area (Å²) in [6.07, 6.45) is 2.85. The van der Waals surface area contributed by atoms with Crippen LogP contribution in [0.5, 0.6) is 0 Å². The summed E-state index contributed by atoms with van der Waals surface area (Å²) in [5.41, 5.74) is 6.32. The maximum absolute atomic E-state index is 13.2. The Morgan fingerprint density at radius 3 is 1.96 bits per heavy atom. The number of primary amides is 1. The highest BCUT2D eigenvalue weighted by atomic mass is 79.9. The van der Waals surface area contributed by atoms with Crippen molar-refractivity contribution in [1.82, 2.24) is 21.3 Å². The van der Waals surface area contributed by atoms with Gasteiger partial charge in [0.05, 0.1) is 5.33 Å². The van der Waals surface area contributed by atoms with E-state index in [0.717, 1.165) is 24.3 Å². The third-order valence-corrected chi connectivity index (χ3v) is 6.56. The standard InChI is InChI=1S/C28H43BrN6O7.C4H10/c1-18(2)25(35-23(37)9-5-4-6-14-31-24(38)16-29)27(40)34-22(8-7-15-32-28(30)41)26(39)33-21-12-10-20(11-13-21)17-42-19(3)36;1-4(2)3/h10-13,18,22,25H,4-9,14-17H2,1-3H3,(H,31,38)(H,33,39)(H,34,40)(H,35,37)(H3,30,32,41);4H,1-3H3. The predicted octanol–water partition coefficient (Wildman–Crippen LogP) is 3.50. The number of carbonyl (C=O) groups is 6. The van der Waals surface area contributed by atoms with Crippen LogP contribution in [0.4, 0.5) is 10.5 Å². The summed E-state index contributed by atoms with van der Waals surface area (Å²) in [6.45, 7) is 12.2. The summed E-state index contributed by atoms with van der Waals surface area (Å²) in [5, 5.41) is 13.7. The monoisotopic (exact) mass is 712 g/mol. The number of halogens is 1. The number of alkyl halides is 1. The van der Waals surface area contributed by atoms with Crippen LogP contribution in [-0.4, -0.2) is 66.1 Å². The van der Waals surface area contributed by atoms with Crippen molar-refractivity contribution >= 4 is 57.2 Å². The second kappa shape index (κ2) is 24.5. The van der Waals surface area contributed by atoms with E-state index in [1.807, 2.05) is 0 Å². The van der Waals surface area contributed by atoms with Gasteiger partial charge in [0.1, 0.15) is 18.7 Å². The highest BCUT2D eigenvalue weighted by Crippen LogP contribution is 2.13. The number of nitrogens with one attached hydrogen (secondary N) is 5. The third kappa shape index (κ3) is 21.9. The van der Waals surface area contributed by atoms with Crippen molar-refractivity contribution in [2.24, 2.45) is 17.6 Å². The van der Waals surface area contributed by atoms with Crippen molar-refractivity contribution in [2.75, 3.05) is 23.7 Å². The molecule has 0 fully saturated rings. The number of hydrogen-bond acceptors (Lipinski definition) is 7. The highest BCUT2D eigenvalue weighted by molar-refractivity contribution is 9.09. The number of esters is 1. The van der Waals surface area contributed by atoms with E-state index in [1.165, 1.54) is 6.92 Å². The Kier molecular flexibility index (Phi) is 22.6. The minimum absolute atomic E-state index is 0.0937. The minimum atomic E-state index is -0.958. The number of urea groups is 1. The average molecular weight is 714 g/mol. The molecule has 0 aliphatic carbocycles. The molecule has 0 aliphatic heterocycles. The van der Waals surface area contributed by atoms with Gasteiger partial charge in [-0.1, -0.05) is 69.1 Å². The molecule has 13 nitrogen and oxygen atoms in total.